The summed E-state index contributed by atoms with van der Waals surface area (Å²) < 4.78 is 10.7. The second-order valence-electron chi connectivity index (χ2n) is 3.64. The fourth-order valence-corrected chi connectivity index (χ4v) is 1.69. The van der Waals surface area contributed by atoms with Gasteiger partial charge in [0.1, 0.15) is 11.8 Å². The van der Waals surface area contributed by atoms with Gasteiger partial charge in [0, 0.05) is 13.2 Å². The van der Waals surface area contributed by atoms with Crippen LogP contribution in [0.5, 0.6) is 0 Å². The molecule has 1 aromatic heterocycles. The zero-order chi connectivity index (χ0) is 10.5. The van der Waals surface area contributed by atoms with Crippen LogP contribution in [0.15, 0.2) is 16.5 Å². The number of nitrogens with zero attached hydrogens (tertiary/aromatic N) is 1. The van der Waals surface area contributed by atoms with Crippen LogP contribution in [0, 0.1) is 11.3 Å². The van der Waals surface area contributed by atoms with Crippen LogP contribution in [0.25, 0.3) is 0 Å². The number of furan rings is 1. The van der Waals surface area contributed by atoms with Gasteiger partial charge in [-0.1, -0.05) is 0 Å². The van der Waals surface area contributed by atoms with Crippen LogP contribution in [0.3, 0.4) is 0 Å². The third-order valence-corrected chi connectivity index (χ3v) is 2.47. The molecule has 15 heavy (non-hydrogen) atoms. The van der Waals surface area contributed by atoms with Crippen LogP contribution < -0.4 is 5.32 Å². The molecule has 0 spiro atoms. The number of nitrogens with one attached hydrogen (secondary N) is 1. The van der Waals surface area contributed by atoms with Gasteiger partial charge in [0.2, 0.25) is 5.76 Å². The number of rotatable bonds is 4. The van der Waals surface area contributed by atoms with E-state index in [1.165, 1.54) is 0 Å². The lowest BCUT2D eigenvalue weighted by atomic mass is 10.2. The van der Waals surface area contributed by atoms with E-state index in [0.29, 0.717) is 18.4 Å². The monoisotopic (exact) mass is 206 g/mol. The predicted molar refractivity (Wildman–Crippen MR) is 54.1 cm³/mol. The molecule has 4 nitrogen and oxygen atoms in total. The van der Waals surface area contributed by atoms with Crippen LogP contribution in [0.4, 0.5) is 0 Å². The second-order valence-corrected chi connectivity index (χ2v) is 3.64. The molecule has 0 aliphatic carbocycles. The van der Waals surface area contributed by atoms with Crippen molar-refractivity contribution in [2.75, 3.05) is 13.2 Å². The third kappa shape index (κ3) is 2.82. The second kappa shape index (κ2) is 4.96. The molecule has 0 saturated carbocycles. The molecule has 2 rings (SSSR count). The van der Waals surface area contributed by atoms with E-state index < -0.39 is 0 Å². The lowest BCUT2D eigenvalue weighted by molar-refractivity contribution is 0.109. The van der Waals surface area contributed by atoms with E-state index in [9.17, 15) is 0 Å². The topological polar surface area (TPSA) is 58.2 Å². The summed E-state index contributed by atoms with van der Waals surface area (Å²) in [6.07, 6.45) is 2.63. The molecule has 0 bridgehead atoms. The van der Waals surface area contributed by atoms with Crippen LogP contribution in [-0.2, 0) is 11.3 Å². The SMILES string of the molecule is N#Cc1ccc(CNCC2CCCO2)o1. The van der Waals surface area contributed by atoms with E-state index >= 15 is 0 Å². The minimum atomic E-state index is 0.343. The highest BCUT2D eigenvalue weighted by atomic mass is 16.5. The van der Waals surface area contributed by atoms with E-state index in [0.717, 1.165) is 31.8 Å². The zero-order valence-electron chi connectivity index (χ0n) is 8.53. The first-order valence-electron chi connectivity index (χ1n) is 5.19. The summed E-state index contributed by atoms with van der Waals surface area (Å²) >= 11 is 0. The lowest BCUT2D eigenvalue weighted by Crippen LogP contribution is -2.25. The standard InChI is InChI=1S/C11H14N2O2/c12-6-9-3-4-11(15-9)8-13-7-10-2-1-5-14-10/h3-4,10,13H,1-2,5,7-8H2. The fourth-order valence-electron chi connectivity index (χ4n) is 1.69. The van der Waals surface area contributed by atoms with Gasteiger partial charge in [0.15, 0.2) is 0 Å². The highest BCUT2D eigenvalue weighted by Crippen LogP contribution is 2.11. The quantitative estimate of drug-likeness (QED) is 0.809. The molecule has 0 amide bonds. The summed E-state index contributed by atoms with van der Waals surface area (Å²) in [5, 5.41) is 11.8. The normalized spacial score (nSPS) is 20.3. The van der Waals surface area contributed by atoms with Gasteiger partial charge in [0.25, 0.3) is 0 Å². The van der Waals surface area contributed by atoms with Crippen molar-refractivity contribution >= 4 is 0 Å². The largest absolute Gasteiger partial charge is 0.449 e. The number of hydrogen-bond donors (Lipinski definition) is 1. The van der Waals surface area contributed by atoms with Crippen molar-refractivity contribution in [1.82, 2.24) is 5.32 Å². The van der Waals surface area contributed by atoms with Gasteiger partial charge in [-0.15, -0.1) is 0 Å². The van der Waals surface area contributed by atoms with Crippen molar-refractivity contribution in [2.24, 2.45) is 0 Å². The van der Waals surface area contributed by atoms with Gasteiger partial charge in [-0.25, -0.2) is 0 Å². The van der Waals surface area contributed by atoms with E-state index in [1.54, 1.807) is 6.07 Å². The van der Waals surface area contributed by atoms with Crippen LogP contribution in [0.1, 0.15) is 24.4 Å². The van der Waals surface area contributed by atoms with Crippen molar-refractivity contribution in [2.45, 2.75) is 25.5 Å². The molecular formula is C11H14N2O2. The van der Waals surface area contributed by atoms with Gasteiger partial charge < -0.3 is 14.5 Å². The van der Waals surface area contributed by atoms with Crippen molar-refractivity contribution in [3.8, 4) is 6.07 Å². The molecule has 1 saturated heterocycles. The first kappa shape index (κ1) is 10.2. The van der Waals surface area contributed by atoms with Gasteiger partial charge in [-0.05, 0) is 25.0 Å². The molecular weight excluding hydrogens is 192 g/mol. The van der Waals surface area contributed by atoms with Crippen molar-refractivity contribution in [3.05, 3.63) is 23.7 Å². The average molecular weight is 206 g/mol. The summed E-state index contributed by atoms with van der Waals surface area (Å²) in [4.78, 5) is 0. The molecule has 1 N–H and O–H groups in total. The Morgan fingerprint density at radius 3 is 3.13 bits per heavy atom. The van der Waals surface area contributed by atoms with E-state index in [4.69, 9.17) is 14.4 Å². The van der Waals surface area contributed by atoms with Gasteiger partial charge >= 0.3 is 0 Å². The Labute approximate surface area is 88.8 Å². The average Bonchev–Trinajstić information content (AvgIpc) is 2.88. The molecule has 1 fully saturated rings. The van der Waals surface area contributed by atoms with Crippen molar-refractivity contribution in [3.63, 3.8) is 0 Å². The van der Waals surface area contributed by atoms with Crippen molar-refractivity contribution < 1.29 is 9.15 Å². The molecule has 1 unspecified atom stereocenters. The Hall–Kier alpha value is -1.31. The van der Waals surface area contributed by atoms with Crippen LogP contribution in [-0.4, -0.2) is 19.3 Å². The Balaban J connectivity index is 1.71. The van der Waals surface area contributed by atoms with E-state index in [2.05, 4.69) is 5.32 Å². The predicted octanol–water partition coefficient (Wildman–Crippen LogP) is 1.42. The Kier molecular flexibility index (Phi) is 3.38. The number of nitriles is 1. The first-order valence-corrected chi connectivity index (χ1v) is 5.19. The molecule has 1 aromatic rings. The van der Waals surface area contributed by atoms with Crippen LogP contribution >= 0.6 is 0 Å². The maximum absolute atomic E-state index is 8.56. The van der Waals surface area contributed by atoms with Gasteiger partial charge in [0.05, 0.1) is 12.6 Å². The molecule has 4 heteroatoms. The Morgan fingerprint density at radius 1 is 1.53 bits per heavy atom. The third-order valence-electron chi connectivity index (χ3n) is 2.47. The fraction of sp³-hybridized carbons (Fsp3) is 0.545. The molecule has 1 atom stereocenters. The Morgan fingerprint density at radius 2 is 2.47 bits per heavy atom. The minimum absolute atomic E-state index is 0.343. The maximum Gasteiger partial charge on any atom is 0.203 e. The Bertz CT molecular complexity index is 348. The summed E-state index contributed by atoms with van der Waals surface area (Å²) in [6, 6.07) is 5.46. The maximum atomic E-state index is 8.56. The molecule has 2 heterocycles. The molecule has 0 aromatic carbocycles. The lowest BCUT2D eigenvalue weighted by Gasteiger charge is -2.09. The summed E-state index contributed by atoms with van der Waals surface area (Å²) in [5.74, 6) is 1.16. The summed E-state index contributed by atoms with van der Waals surface area (Å²) in [6.45, 7) is 2.38. The number of hydrogen-bond acceptors (Lipinski definition) is 4. The van der Waals surface area contributed by atoms with E-state index in [-0.39, 0.29) is 0 Å². The van der Waals surface area contributed by atoms with E-state index in [1.807, 2.05) is 12.1 Å². The van der Waals surface area contributed by atoms with Gasteiger partial charge in [-0.3, -0.25) is 0 Å². The summed E-state index contributed by atoms with van der Waals surface area (Å²) in [5.41, 5.74) is 0. The minimum Gasteiger partial charge on any atom is -0.449 e. The summed E-state index contributed by atoms with van der Waals surface area (Å²) in [7, 11) is 0. The van der Waals surface area contributed by atoms with Crippen LogP contribution in [0.2, 0.25) is 0 Å². The number of ether oxygens (including phenoxy) is 1. The smallest absolute Gasteiger partial charge is 0.203 e. The van der Waals surface area contributed by atoms with Gasteiger partial charge in [-0.2, -0.15) is 5.26 Å². The van der Waals surface area contributed by atoms with Crippen molar-refractivity contribution in [1.29, 1.82) is 5.26 Å². The highest BCUT2D eigenvalue weighted by Gasteiger charge is 2.14. The molecule has 1 aliphatic heterocycles. The molecule has 80 valence electrons. The molecule has 1 aliphatic rings. The highest BCUT2D eigenvalue weighted by molar-refractivity contribution is 5.18. The zero-order valence-corrected chi connectivity index (χ0v) is 8.53. The molecule has 0 radical (unpaired) electrons. The first-order chi connectivity index (χ1) is 7.38.